The lowest BCUT2D eigenvalue weighted by atomic mass is 9.80. The number of hydrogen-bond donors (Lipinski definition) is 0. The van der Waals surface area contributed by atoms with Crippen molar-refractivity contribution in [1.82, 2.24) is 0 Å². The number of methoxy groups -OCH3 is 2. The predicted octanol–water partition coefficient (Wildman–Crippen LogP) is 17.0. The predicted molar refractivity (Wildman–Crippen MR) is 279 cm³/mol. The van der Waals surface area contributed by atoms with Gasteiger partial charge in [-0.05, 0) is 201 Å². The highest BCUT2D eigenvalue weighted by Gasteiger charge is 2.38. The molecule has 9 aromatic rings. The van der Waals surface area contributed by atoms with Gasteiger partial charge in [-0.25, -0.2) is 0 Å². The fraction of sp³-hybridized carbons (Fsp3) is 0.169. The number of benzene rings is 9. The number of fused-ring (bicyclic) bond motifs is 9. The van der Waals surface area contributed by atoms with Gasteiger partial charge in [-0.15, -0.1) is 0 Å². The van der Waals surface area contributed by atoms with Crippen molar-refractivity contribution in [3.05, 3.63) is 215 Å². The van der Waals surface area contributed by atoms with Crippen LogP contribution in [-0.2, 0) is 16.2 Å². The molecule has 3 aliphatic carbocycles. The maximum absolute atomic E-state index is 5.71. The van der Waals surface area contributed by atoms with Crippen LogP contribution in [0.15, 0.2) is 182 Å². The molecule has 67 heavy (non-hydrogen) atoms. The van der Waals surface area contributed by atoms with Gasteiger partial charge in [-0.3, -0.25) is 0 Å². The van der Waals surface area contributed by atoms with E-state index in [4.69, 9.17) is 9.47 Å². The van der Waals surface area contributed by atoms with Crippen molar-refractivity contribution in [2.24, 2.45) is 0 Å². The topological polar surface area (TPSA) is 18.5 Å². The summed E-state index contributed by atoms with van der Waals surface area (Å²) in [6.45, 7) is 14.2. The molecule has 2 nitrogen and oxygen atoms in total. The van der Waals surface area contributed by atoms with E-state index in [-0.39, 0.29) is 16.2 Å². The molecular formula is C65H54O2. The third-order valence-corrected chi connectivity index (χ3v) is 15.7. The van der Waals surface area contributed by atoms with Crippen LogP contribution < -0.4 is 9.47 Å². The molecule has 0 saturated heterocycles. The molecule has 0 N–H and O–H groups in total. The number of ether oxygens (including phenoxy) is 2. The first-order valence-electron chi connectivity index (χ1n) is 23.6. The first-order chi connectivity index (χ1) is 32.3. The van der Waals surface area contributed by atoms with E-state index in [0.717, 1.165) is 22.6 Å². The molecule has 2 heteroatoms. The van der Waals surface area contributed by atoms with Crippen molar-refractivity contribution in [3.63, 3.8) is 0 Å². The van der Waals surface area contributed by atoms with E-state index >= 15 is 0 Å². The number of rotatable bonds is 7. The van der Waals surface area contributed by atoms with Crippen LogP contribution in [0, 0.1) is 0 Å². The quantitative estimate of drug-likeness (QED) is 0.159. The summed E-state index contributed by atoms with van der Waals surface area (Å²) in [6, 6.07) is 68.5. The average molecular weight is 867 g/mol. The van der Waals surface area contributed by atoms with Crippen LogP contribution in [0.2, 0.25) is 0 Å². The highest BCUT2D eigenvalue weighted by atomic mass is 16.5. The highest BCUT2D eigenvalue weighted by Crippen LogP contribution is 2.53. The van der Waals surface area contributed by atoms with E-state index in [0.29, 0.717) is 0 Å². The summed E-state index contributed by atoms with van der Waals surface area (Å²) in [5.74, 6) is 1.74. The molecule has 9 aromatic carbocycles. The second kappa shape index (κ2) is 14.8. The molecule has 326 valence electrons. The standard InChI is InChI=1S/C65H54O2/c1-63(2)57-15-11-9-13-51(57)53-25-19-40(35-59(53)63)44-29-43(39-17-22-49(66-7)23-18-39)30-47(32-44)48-33-45(41-20-26-54-52-14-10-12-16-58(52)64(3,4)60(54)36-41)31-46(34-48)42-21-27-55-56-28-24-50(67-8)38-62(56)65(5,6)61(55)37-42/h9-38H,1-8H3. The largest absolute Gasteiger partial charge is 0.497 e. The second-order valence-electron chi connectivity index (χ2n) is 20.5. The fourth-order valence-corrected chi connectivity index (χ4v) is 11.8. The summed E-state index contributed by atoms with van der Waals surface area (Å²) in [6.07, 6.45) is 0. The van der Waals surface area contributed by atoms with Crippen molar-refractivity contribution >= 4 is 0 Å². The van der Waals surface area contributed by atoms with E-state index in [9.17, 15) is 0 Å². The lowest BCUT2D eigenvalue weighted by Gasteiger charge is -2.23. The van der Waals surface area contributed by atoms with Crippen molar-refractivity contribution < 1.29 is 9.47 Å². The normalized spacial score (nSPS) is 14.9. The SMILES string of the molecule is COc1ccc(-c2cc(-c3cc(-c4ccc5c(c4)C(C)(C)c4ccccc4-5)cc(-c4ccc5c(c4)C(C)(C)c4cc(OC)ccc4-5)c3)cc(-c3ccc4c(c3)C(C)(C)c3ccccc3-4)c2)cc1. The Morgan fingerprint density at radius 3 is 0.925 bits per heavy atom. The van der Waals surface area contributed by atoms with Gasteiger partial charge in [0.2, 0.25) is 0 Å². The third-order valence-electron chi connectivity index (χ3n) is 15.7. The van der Waals surface area contributed by atoms with Gasteiger partial charge in [0.15, 0.2) is 0 Å². The second-order valence-corrected chi connectivity index (χ2v) is 20.5. The molecule has 0 aliphatic heterocycles. The highest BCUT2D eigenvalue weighted by molar-refractivity contribution is 5.91. The lowest BCUT2D eigenvalue weighted by Crippen LogP contribution is -2.15. The van der Waals surface area contributed by atoms with Gasteiger partial charge in [0.25, 0.3) is 0 Å². The van der Waals surface area contributed by atoms with Crippen LogP contribution in [0.4, 0.5) is 0 Å². The van der Waals surface area contributed by atoms with Crippen LogP contribution in [0.5, 0.6) is 11.5 Å². The van der Waals surface area contributed by atoms with Crippen LogP contribution in [-0.4, -0.2) is 14.2 Å². The molecule has 0 saturated carbocycles. The minimum absolute atomic E-state index is 0.106. The molecule has 0 heterocycles. The van der Waals surface area contributed by atoms with E-state index in [2.05, 4.69) is 224 Å². The lowest BCUT2D eigenvalue weighted by molar-refractivity contribution is 0.413. The molecule has 0 unspecified atom stereocenters. The van der Waals surface area contributed by atoms with Gasteiger partial charge >= 0.3 is 0 Å². The van der Waals surface area contributed by atoms with Crippen molar-refractivity contribution in [2.45, 2.75) is 57.8 Å². The maximum atomic E-state index is 5.71. The molecule has 0 atom stereocenters. The maximum Gasteiger partial charge on any atom is 0.119 e. The summed E-state index contributed by atoms with van der Waals surface area (Å²) in [5.41, 5.74) is 27.5. The Bertz CT molecular complexity index is 3510. The van der Waals surface area contributed by atoms with Gasteiger partial charge in [0.05, 0.1) is 14.2 Å². The molecule has 12 rings (SSSR count). The fourth-order valence-electron chi connectivity index (χ4n) is 11.8. The van der Waals surface area contributed by atoms with Crippen LogP contribution in [0.3, 0.4) is 0 Å². The van der Waals surface area contributed by atoms with Gasteiger partial charge in [0.1, 0.15) is 11.5 Å². The Kier molecular flexibility index (Phi) is 9.06. The van der Waals surface area contributed by atoms with Crippen molar-refractivity contribution in [3.8, 4) is 101 Å². The molecular weight excluding hydrogens is 813 g/mol. The smallest absolute Gasteiger partial charge is 0.119 e. The first kappa shape index (κ1) is 41.0. The summed E-state index contributed by atoms with van der Waals surface area (Å²) in [4.78, 5) is 0. The molecule has 0 spiro atoms. The third kappa shape index (κ3) is 6.30. The zero-order valence-electron chi connectivity index (χ0n) is 39.6. The van der Waals surface area contributed by atoms with E-state index < -0.39 is 0 Å². The van der Waals surface area contributed by atoms with Crippen molar-refractivity contribution in [2.75, 3.05) is 14.2 Å². The molecule has 3 aliphatic rings. The Balaban J connectivity index is 1.06. The Morgan fingerprint density at radius 2 is 0.522 bits per heavy atom. The van der Waals surface area contributed by atoms with E-state index in [1.807, 2.05) is 0 Å². The molecule has 0 radical (unpaired) electrons. The summed E-state index contributed by atoms with van der Waals surface area (Å²) < 4.78 is 11.3. The zero-order valence-corrected chi connectivity index (χ0v) is 39.6. The average Bonchev–Trinajstić information content (AvgIpc) is 3.84. The van der Waals surface area contributed by atoms with Crippen LogP contribution in [0.1, 0.15) is 74.9 Å². The van der Waals surface area contributed by atoms with Gasteiger partial charge < -0.3 is 9.47 Å². The van der Waals surface area contributed by atoms with E-state index in [1.54, 1.807) is 14.2 Å². The summed E-state index contributed by atoms with van der Waals surface area (Å²) >= 11 is 0. The molecule has 0 bridgehead atoms. The van der Waals surface area contributed by atoms with Crippen LogP contribution in [0.25, 0.3) is 89.0 Å². The minimum atomic E-state index is -0.191. The van der Waals surface area contributed by atoms with Gasteiger partial charge in [0, 0.05) is 16.2 Å². The number of hydrogen-bond acceptors (Lipinski definition) is 2. The Hall–Kier alpha value is -7.42. The summed E-state index contributed by atoms with van der Waals surface area (Å²) in [5, 5.41) is 0. The van der Waals surface area contributed by atoms with Crippen LogP contribution >= 0.6 is 0 Å². The minimum Gasteiger partial charge on any atom is -0.497 e. The van der Waals surface area contributed by atoms with Gasteiger partial charge in [-0.2, -0.15) is 0 Å². The van der Waals surface area contributed by atoms with Gasteiger partial charge in [-0.1, -0.05) is 145 Å². The summed E-state index contributed by atoms with van der Waals surface area (Å²) in [7, 11) is 3.48. The first-order valence-corrected chi connectivity index (χ1v) is 23.6. The monoisotopic (exact) mass is 866 g/mol. The molecule has 0 aromatic heterocycles. The Morgan fingerprint density at radius 1 is 0.239 bits per heavy atom. The van der Waals surface area contributed by atoms with Crippen molar-refractivity contribution in [1.29, 1.82) is 0 Å². The molecule has 0 fully saturated rings. The van der Waals surface area contributed by atoms with E-state index in [1.165, 1.54) is 111 Å². The Labute approximate surface area is 395 Å². The molecule has 0 amide bonds. The zero-order chi connectivity index (χ0) is 46.0.